The number of amides is 1. The van der Waals surface area contributed by atoms with Gasteiger partial charge in [0.25, 0.3) is 0 Å². The molecule has 1 heterocycles. The summed E-state index contributed by atoms with van der Waals surface area (Å²) in [4.78, 5) is 52.9. The zero-order valence-corrected chi connectivity index (χ0v) is 24.8. The fraction of sp³-hybridized carbons (Fsp3) is 0.688. The average molecular weight is 558 g/mol. The van der Waals surface area contributed by atoms with E-state index in [2.05, 4.69) is 5.32 Å². The van der Waals surface area contributed by atoms with Gasteiger partial charge in [-0.15, -0.1) is 0 Å². The largest absolute Gasteiger partial charge is 0.497 e. The maximum atomic E-state index is 13.8. The van der Waals surface area contributed by atoms with E-state index in [4.69, 9.17) is 9.47 Å². The van der Waals surface area contributed by atoms with Crippen molar-refractivity contribution in [2.45, 2.75) is 109 Å². The third-order valence-corrected chi connectivity index (χ3v) is 8.63. The molecule has 8 heteroatoms. The molecule has 40 heavy (non-hydrogen) atoms. The van der Waals surface area contributed by atoms with Gasteiger partial charge in [-0.05, 0) is 56.7 Å². The van der Waals surface area contributed by atoms with Crippen LogP contribution >= 0.6 is 0 Å². The Labute approximate surface area is 238 Å². The molecule has 0 radical (unpaired) electrons. The van der Waals surface area contributed by atoms with Crippen molar-refractivity contribution >= 4 is 23.3 Å². The quantitative estimate of drug-likeness (QED) is 0.273. The molecule has 1 aromatic carbocycles. The maximum Gasteiger partial charge on any atom is 0.223 e. The number of nitrogens with one attached hydrogen (secondary N) is 1. The van der Waals surface area contributed by atoms with Crippen molar-refractivity contribution in [2.75, 3.05) is 13.7 Å². The zero-order valence-electron chi connectivity index (χ0n) is 24.8. The van der Waals surface area contributed by atoms with Crippen molar-refractivity contribution in [3.63, 3.8) is 0 Å². The molecule has 3 rings (SSSR count). The van der Waals surface area contributed by atoms with Crippen molar-refractivity contribution < 1.29 is 33.8 Å². The van der Waals surface area contributed by atoms with E-state index in [1.807, 2.05) is 12.1 Å². The van der Waals surface area contributed by atoms with Gasteiger partial charge >= 0.3 is 0 Å². The van der Waals surface area contributed by atoms with Crippen LogP contribution in [0.5, 0.6) is 5.75 Å². The molecule has 1 amide bonds. The molecule has 5 atom stereocenters. The van der Waals surface area contributed by atoms with Gasteiger partial charge in [-0.25, -0.2) is 0 Å². The molecule has 2 aliphatic rings. The Bertz CT molecular complexity index is 1040. The number of epoxide rings is 1. The molecule has 2 fully saturated rings. The second-order valence-electron chi connectivity index (χ2n) is 12.4. The summed E-state index contributed by atoms with van der Waals surface area (Å²) >= 11 is 0. The Morgan fingerprint density at radius 1 is 1.15 bits per heavy atom. The lowest BCUT2D eigenvalue weighted by Gasteiger charge is -2.25. The van der Waals surface area contributed by atoms with Crippen molar-refractivity contribution in [1.29, 1.82) is 0 Å². The number of ether oxygens (including phenoxy) is 2. The van der Waals surface area contributed by atoms with Gasteiger partial charge in [0.05, 0.1) is 25.4 Å². The Hall–Kier alpha value is -2.58. The second-order valence-corrected chi connectivity index (χ2v) is 12.4. The number of Topliss-reactive ketones (excluding diaryl/α,β-unsaturated/α-hetero) is 3. The lowest BCUT2D eigenvalue weighted by molar-refractivity contribution is -0.135. The van der Waals surface area contributed by atoms with E-state index >= 15 is 0 Å². The predicted octanol–water partition coefficient (Wildman–Crippen LogP) is 4.38. The summed E-state index contributed by atoms with van der Waals surface area (Å²) in [7, 11) is 1.58. The van der Waals surface area contributed by atoms with E-state index in [-0.39, 0.29) is 43.0 Å². The number of hydrogen-bond donors (Lipinski definition) is 2. The molecule has 1 aliphatic carbocycles. The molecule has 2 N–H and O–H groups in total. The van der Waals surface area contributed by atoms with Gasteiger partial charge in [0.2, 0.25) is 5.91 Å². The third-order valence-electron chi connectivity index (χ3n) is 8.63. The number of carbonyl (C=O) groups excluding carboxylic acids is 4. The van der Waals surface area contributed by atoms with Gasteiger partial charge in [0.1, 0.15) is 17.1 Å². The Morgan fingerprint density at radius 2 is 1.77 bits per heavy atom. The Kier molecular flexibility index (Phi) is 11.1. The summed E-state index contributed by atoms with van der Waals surface area (Å²) in [5.41, 5.74) is -1.08. The minimum absolute atomic E-state index is 0.0239. The number of hydrogen-bond acceptors (Lipinski definition) is 7. The number of ketones is 3. The fourth-order valence-electron chi connectivity index (χ4n) is 5.61. The first-order valence-electron chi connectivity index (χ1n) is 14.7. The molecule has 0 unspecified atom stereocenters. The van der Waals surface area contributed by atoms with Gasteiger partial charge in [-0.2, -0.15) is 0 Å². The average Bonchev–Trinajstić information content (AvgIpc) is 3.45. The van der Waals surface area contributed by atoms with Crippen LogP contribution in [0.25, 0.3) is 0 Å². The van der Waals surface area contributed by atoms with Crippen molar-refractivity contribution in [2.24, 2.45) is 17.8 Å². The SMILES string of the molecule is CC[C@@](C)(O)CC(=O)C[C@H](C)C(=O)N[C@@H](Cc1ccc(OC)cc1)C(=O)C[C@@H](CC1CCCC1)C(=O)[C@@]1(C)CO1. The van der Waals surface area contributed by atoms with E-state index in [0.717, 1.165) is 31.2 Å². The Balaban J connectivity index is 1.74. The highest BCUT2D eigenvalue weighted by Gasteiger charge is 2.50. The maximum absolute atomic E-state index is 13.8. The van der Waals surface area contributed by atoms with Crippen LogP contribution in [-0.2, 0) is 30.3 Å². The molecule has 1 saturated heterocycles. The van der Waals surface area contributed by atoms with Crippen molar-refractivity contribution in [3.8, 4) is 5.75 Å². The topological polar surface area (TPSA) is 122 Å². The van der Waals surface area contributed by atoms with Gasteiger partial charge in [0, 0.05) is 31.1 Å². The summed E-state index contributed by atoms with van der Waals surface area (Å²) in [5, 5.41) is 13.1. The van der Waals surface area contributed by atoms with Crippen LogP contribution in [0, 0.1) is 17.8 Å². The molecule has 222 valence electrons. The Morgan fingerprint density at radius 3 is 2.33 bits per heavy atom. The van der Waals surface area contributed by atoms with E-state index in [0.29, 0.717) is 31.1 Å². The molecular weight excluding hydrogens is 510 g/mol. The molecule has 8 nitrogen and oxygen atoms in total. The van der Waals surface area contributed by atoms with Gasteiger partial charge in [-0.3, -0.25) is 19.2 Å². The monoisotopic (exact) mass is 557 g/mol. The van der Waals surface area contributed by atoms with Crippen LogP contribution in [0.3, 0.4) is 0 Å². The van der Waals surface area contributed by atoms with Crippen molar-refractivity contribution in [3.05, 3.63) is 29.8 Å². The summed E-state index contributed by atoms with van der Waals surface area (Å²) in [5.74, 6) is -0.827. The highest BCUT2D eigenvalue weighted by Crippen LogP contribution is 2.37. The van der Waals surface area contributed by atoms with Crippen molar-refractivity contribution in [1.82, 2.24) is 5.32 Å². The highest BCUT2D eigenvalue weighted by atomic mass is 16.6. The lowest BCUT2D eigenvalue weighted by Crippen LogP contribution is -2.46. The number of benzene rings is 1. The molecule has 1 aromatic rings. The van der Waals surface area contributed by atoms with Crippen LogP contribution in [0.1, 0.15) is 91.0 Å². The molecule has 1 saturated carbocycles. The molecular formula is C32H47NO7. The summed E-state index contributed by atoms with van der Waals surface area (Å²) in [6.45, 7) is 7.23. The van der Waals surface area contributed by atoms with Crippen LogP contribution in [0.15, 0.2) is 24.3 Å². The van der Waals surface area contributed by atoms with E-state index in [9.17, 15) is 24.3 Å². The second kappa shape index (κ2) is 13.9. The number of carbonyl (C=O) groups is 4. The first-order valence-corrected chi connectivity index (χ1v) is 14.7. The molecule has 0 spiro atoms. The van der Waals surface area contributed by atoms with Gasteiger partial charge in [0.15, 0.2) is 11.6 Å². The van der Waals surface area contributed by atoms with E-state index in [1.54, 1.807) is 46.9 Å². The first-order chi connectivity index (χ1) is 18.9. The normalized spacial score (nSPS) is 22.6. The van der Waals surface area contributed by atoms with E-state index < -0.39 is 35.0 Å². The van der Waals surface area contributed by atoms with Crippen LogP contribution in [-0.4, -0.2) is 59.3 Å². The predicted molar refractivity (Wildman–Crippen MR) is 152 cm³/mol. The van der Waals surface area contributed by atoms with Crippen LogP contribution in [0.4, 0.5) is 0 Å². The highest BCUT2D eigenvalue weighted by molar-refractivity contribution is 5.97. The summed E-state index contributed by atoms with van der Waals surface area (Å²) in [6.07, 6.45) is 5.78. The number of methoxy groups -OCH3 is 1. The van der Waals surface area contributed by atoms with Crippen LogP contribution in [0.2, 0.25) is 0 Å². The third kappa shape index (κ3) is 9.23. The minimum Gasteiger partial charge on any atom is -0.497 e. The molecule has 0 aromatic heterocycles. The molecule has 0 bridgehead atoms. The fourth-order valence-corrected chi connectivity index (χ4v) is 5.61. The lowest BCUT2D eigenvalue weighted by atomic mass is 9.81. The zero-order chi connectivity index (χ0) is 29.5. The summed E-state index contributed by atoms with van der Waals surface area (Å²) < 4.78 is 10.7. The smallest absolute Gasteiger partial charge is 0.223 e. The number of aliphatic hydroxyl groups is 1. The van der Waals surface area contributed by atoms with Gasteiger partial charge in [-0.1, -0.05) is 51.7 Å². The minimum atomic E-state index is -1.11. The van der Waals surface area contributed by atoms with Gasteiger partial charge < -0.3 is 19.9 Å². The standard InChI is InChI=1S/C32H47NO7/c1-6-31(3,38)19-25(34)15-21(2)30(37)33-27(17-23-11-13-26(39-5)14-12-23)28(35)18-24(16-22-9-7-8-10-22)29(36)32(4)20-40-32/h11-14,21-22,24,27,38H,6-10,15-20H2,1-5H3,(H,33,37)/t21-,24+,27-,31+,32+/m0/s1. The van der Waals surface area contributed by atoms with E-state index in [1.165, 1.54) is 0 Å². The number of rotatable bonds is 17. The summed E-state index contributed by atoms with van der Waals surface area (Å²) in [6, 6.07) is 6.47. The first kappa shape index (κ1) is 31.9. The van der Waals surface area contributed by atoms with Crippen LogP contribution < -0.4 is 10.1 Å². The molecule has 1 aliphatic heterocycles.